The van der Waals surface area contributed by atoms with E-state index in [9.17, 15) is 22.8 Å². The van der Waals surface area contributed by atoms with Gasteiger partial charge in [0, 0.05) is 39.0 Å². The van der Waals surface area contributed by atoms with Gasteiger partial charge in [-0.05, 0) is 26.2 Å². The molecule has 0 aliphatic carbocycles. The van der Waals surface area contributed by atoms with Crippen molar-refractivity contribution >= 4 is 15.9 Å². The lowest BCUT2D eigenvalue weighted by molar-refractivity contribution is -0.126. The second-order valence-corrected chi connectivity index (χ2v) is 8.08. The Morgan fingerprint density at radius 3 is 2.73 bits per heavy atom. The smallest absolute Gasteiger partial charge is 0.325 e. The molecule has 11 heteroatoms. The fourth-order valence-corrected chi connectivity index (χ4v) is 4.70. The van der Waals surface area contributed by atoms with E-state index >= 15 is 0 Å². The molecule has 1 amide bonds. The monoisotopic (exact) mass is 388 g/mol. The molecule has 0 radical (unpaired) electrons. The van der Waals surface area contributed by atoms with Crippen molar-refractivity contribution in [2.45, 2.75) is 31.1 Å². The molecule has 1 aromatic heterocycles. The van der Waals surface area contributed by atoms with Crippen LogP contribution in [-0.2, 0) is 19.6 Å². The van der Waals surface area contributed by atoms with Gasteiger partial charge in [0.1, 0.15) is 0 Å². The average molecular weight is 388 g/mol. The minimum atomic E-state index is -4.12. The Hall–Kier alpha value is -1.98. The molecule has 2 rings (SSSR count). The predicted molar refractivity (Wildman–Crippen MR) is 93.4 cm³/mol. The van der Waals surface area contributed by atoms with E-state index in [-0.39, 0.29) is 24.7 Å². The van der Waals surface area contributed by atoms with E-state index in [2.05, 4.69) is 10.3 Å². The van der Waals surface area contributed by atoms with Crippen molar-refractivity contribution in [2.75, 3.05) is 33.4 Å². The lowest BCUT2D eigenvalue weighted by Crippen LogP contribution is -2.47. The van der Waals surface area contributed by atoms with Gasteiger partial charge >= 0.3 is 5.69 Å². The minimum Gasteiger partial charge on any atom is -0.385 e. The van der Waals surface area contributed by atoms with Gasteiger partial charge in [-0.2, -0.15) is 4.31 Å². The van der Waals surface area contributed by atoms with Crippen LogP contribution in [0.2, 0.25) is 0 Å². The first kappa shape index (κ1) is 20.3. The fourth-order valence-electron chi connectivity index (χ4n) is 2.98. The number of sulfonamides is 1. The Kier molecular flexibility index (Phi) is 6.73. The maximum Gasteiger partial charge on any atom is 0.325 e. The quantitative estimate of drug-likeness (QED) is 0.508. The number of nitrogens with zero attached hydrogens (tertiary/aromatic N) is 1. The lowest BCUT2D eigenvalue weighted by atomic mass is 9.99. The number of methoxy groups -OCH3 is 1. The number of rotatable bonds is 7. The zero-order valence-corrected chi connectivity index (χ0v) is 15.6. The first-order valence-corrected chi connectivity index (χ1v) is 9.81. The molecule has 0 bridgehead atoms. The zero-order chi connectivity index (χ0) is 19.3. The fraction of sp³-hybridized carbons (Fsp3) is 0.667. The van der Waals surface area contributed by atoms with E-state index in [1.54, 1.807) is 7.11 Å². The zero-order valence-electron chi connectivity index (χ0n) is 14.8. The van der Waals surface area contributed by atoms with Gasteiger partial charge in [0.15, 0.2) is 4.90 Å². The van der Waals surface area contributed by atoms with E-state index < -0.39 is 32.1 Å². The highest BCUT2D eigenvalue weighted by Gasteiger charge is 2.35. The Bertz CT molecular complexity index is 860. The molecule has 146 valence electrons. The first-order chi connectivity index (χ1) is 12.3. The molecule has 1 atom stereocenters. The molecule has 1 aliphatic heterocycles. The normalized spacial score (nSPS) is 18.6. The van der Waals surface area contributed by atoms with Crippen LogP contribution in [-0.4, -0.2) is 61.9 Å². The third-order valence-corrected chi connectivity index (χ3v) is 6.27. The number of hydrogen-bond donors (Lipinski definition) is 3. The van der Waals surface area contributed by atoms with Crippen LogP contribution in [0.15, 0.2) is 14.5 Å². The molecule has 1 aliphatic rings. The number of aromatic amines is 2. The minimum absolute atomic E-state index is 0.00352. The summed E-state index contributed by atoms with van der Waals surface area (Å²) in [5, 5.41) is 2.77. The summed E-state index contributed by atoms with van der Waals surface area (Å²) in [7, 11) is -2.54. The van der Waals surface area contributed by atoms with Crippen LogP contribution < -0.4 is 16.6 Å². The van der Waals surface area contributed by atoms with Crippen LogP contribution in [0.25, 0.3) is 0 Å². The second kappa shape index (κ2) is 8.60. The third-order valence-electron chi connectivity index (χ3n) is 4.25. The van der Waals surface area contributed by atoms with Crippen LogP contribution in [0.1, 0.15) is 25.0 Å². The molecule has 0 aromatic carbocycles. The Balaban J connectivity index is 2.15. The number of carbonyl (C=O) groups is 1. The van der Waals surface area contributed by atoms with Crippen molar-refractivity contribution in [3.63, 3.8) is 0 Å². The second-order valence-electron chi connectivity index (χ2n) is 6.20. The highest BCUT2D eigenvalue weighted by Crippen LogP contribution is 2.23. The molecule has 0 spiro atoms. The van der Waals surface area contributed by atoms with Crippen molar-refractivity contribution in [1.29, 1.82) is 0 Å². The Morgan fingerprint density at radius 2 is 2.08 bits per heavy atom. The van der Waals surface area contributed by atoms with E-state index in [0.717, 1.165) is 4.31 Å². The van der Waals surface area contributed by atoms with Crippen LogP contribution >= 0.6 is 0 Å². The van der Waals surface area contributed by atoms with Crippen LogP contribution in [0, 0.1) is 12.8 Å². The highest BCUT2D eigenvalue weighted by molar-refractivity contribution is 7.89. The molecule has 2 heterocycles. The third kappa shape index (κ3) is 4.59. The van der Waals surface area contributed by atoms with Gasteiger partial charge in [-0.25, -0.2) is 13.2 Å². The maximum absolute atomic E-state index is 12.8. The molecule has 1 saturated heterocycles. The topological polar surface area (TPSA) is 141 Å². The van der Waals surface area contributed by atoms with Crippen molar-refractivity contribution in [3.8, 4) is 0 Å². The molecular formula is C15H24N4O6S. The number of aromatic nitrogens is 2. The number of nitrogens with one attached hydrogen (secondary N) is 3. The Morgan fingerprint density at radius 1 is 1.35 bits per heavy atom. The Labute approximate surface area is 151 Å². The SMILES string of the molecule is COCCCNC(=O)C1CCCN(S(=O)(=O)c2c(C)[nH]c(=O)[nH]c2=O)C1. The molecule has 1 unspecified atom stereocenters. The van der Waals surface area contributed by atoms with Crippen molar-refractivity contribution in [3.05, 3.63) is 26.5 Å². The number of ether oxygens (including phenoxy) is 1. The van der Waals surface area contributed by atoms with Gasteiger partial charge in [0.05, 0.1) is 5.92 Å². The maximum atomic E-state index is 12.8. The van der Waals surface area contributed by atoms with E-state index in [4.69, 9.17) is 4.74 Å². The molecule has 10 nitrogen and oxygen atoms in total. The van der Waals surface area contributed by atoms with Gasteiger partial charge < -0.3 is 15.0 Å². The summed E-state index contributed by atoms with van der Waals surface area (Å²) in [4.78, 5) is 39.3. The van der Waals surface area contributed by atoms with Crippen LogP contribution in [0.5, 0.6) is 0 Å². The van der Waals surface area contributed by atoms with Crippen LogP contribution in [0.3, 0.4) is 0 Å². The summed E-state index contributed by atoms with van der Waals surface area (Å²) >= 11 is 0. The van der Waals surface area contributed by atoms with Crippen molar-refractivity contribution in [2.24, 2.45) is 5.92 Å². The predicted octanol–water partition coefficient (Wildman–Crippen LogP) is -1.07. The molecule has 3 N–H and O–H groups in total. The van der Waals surface area contributed by atoms with Crippen molar-refractivity contribution < 1.29 is 17.9 Å². The lowest BCUT2D eigenvalue weighted by Gasteiger charge is -2.31. The number of hydrogen-bond acceptors (Lipinski definition) is 6. The summed E-state index contributed by atoms with van der Waals surface area (Å²) in [6.07, 6.45) is 1.75. The van der Waals surface area contributed by atoms with E-state index in [1.807, 2.05) is 4.98 Å². The molecule has 0 saturated carbocycles. The van der Waals surface area contributed by atoms with E-state index in [1.165, 1.54) is 6.92 Å². The average Bonchev–Trinajstić information content (AvgIpc) is 2.57. The molecule has 1 aromatic rings. The number of carbonyl (C=O) groups excluding carboxylic acids is 1. The van der Waals surface area contributed by atoms with E-state index in [0.29, 0.717) is 32.4 Å². The number of amides is 1. The number of aryl methyl sites for hydroxylation is 1. The first-order valence-electron chi connectivity index (χ1n) is 8.37. The molecular weight excluding hydrogens is 364 g/mol. The summed E-state index contributed by atoms with van der Waals surface area (Å²) in [5.74, 6) is -0.698. The van der Waals surface area contributed by atoms with Crippen LogP contribution in [0.4, 0.5) is 0 Å². The number of piperidine rings is 1. The summed E-state index contributed by atoms with van der Waals surface area (Å²) in [6, 6.07) is 0. The van der Waals surface area contributed by atoms with Gasteiger partial charge in [-0.1, -0.05) is 0 Å². The largest absolute Gasteiger partial charge is 0.385 e. The summed E-state index contributed by atoms with van der Waals surface area (Å²) < 4.78 is 31.7. The number of H-pyrrole nitrogens is 2. The standard InChI is InChI=1S/C15H24N4O6S/c1-10-12(14(21)18-15(22)17-10)26(23,24)19-7-3-5-11(9-19)13(20)16-6-4-8-25-2/h11H,3-9H2,1-2H3,(H,16,20)(H2,17,18,21,22). The van der Waals surface area contributed by atoms with Gasteiger partial charge in [0.2, 0.25) is 15.9 Å². The van der Waals surface area contributed by atoms with Gasteiger partial charge in [0.25, 0.3) is 5.56 Å². The molecule has 1 fully saturated rings. The van der Waals surface area contributed by atoms with Gasteiger partial charge in [-0.15, -0.1) is 0 Å². The highest BCUT2D eigenvalue weighted by atomic mass is 32.2. The van der Waals surface area contributed by atoms with Gasteiger partial charge in [-0.3, -0.25) is 14.6 Å². The summed E-state index contributed by atoms with van der Waals surface area (Å²) in [5.41, 5.74) is -1.75. The summed E-state index contributed by atoms with van der Waals surface area (Å²) in [6.45, 7) is 2.55. The molecule has 26 heavy (non-hydrogen) atoms. The van der Waals surface area contributed by atoms with Crippen molar-refractivity contribution in [1.82, 2.24) is 19.6 Å².